The van der Waals surface area contributed by atoms with Crippen LogP contribution in [0.25, 0.3) is 16.9 Å². The van der Waals surface area contributed by atoms with Crippen molar-refractivity contribution in [3.05, 3.63) is 52.0 Å². The summed E-state index contributed by atoms with van der Waals surface area (Å²) in [4.78, 5) is 8.66. The molecule has 1 aromatic carbocycles. The Balaban J connectivity index is 2.31. The predicted molar refractivity (Wildman–Crippen MR) is 75.9 cm³/mol. The van der Waals surface area contributed by atoms with E-state index >= 15 is 0 Å². The molecule has 0 unspecified atom stereocenters. The lowest BCUT2D eigenvalue weighted by Crippen LogP contribution is -1.88. The molecule has 2 aromatic heterocycles. The molecule has 0 atom stereocenters. The van der Waals surface area contributed by atoms with Gasteiger partial charge in [0, 0.05) is 28.1 Å². The number of benzene rings is 1. The molecule has 90 valence electrons. The van der Waals surface area contributed by atoms with Crippen LogP contribution in [0.5, 0.6) is 0 Å². The lowest BCUT2D eigenvalue weighted by Gasteiger charge is -2.03. The van der Waals surface area contributed by atoms with Gasteiger partial charge in [0.2, 0.25) is 0 Å². The van der Waals surface area contributed by atoms with E-state index in [4.69, 9.17) is 11.6 Å². The van der Waals surface area contributed by atoms with Gasteiger partial charge >= 0.3 is 0 Å². The zero-order chi connectivity index (χ0) is 12.7. The number of aryl methyl sites for hydroxylation is 1. The molecule has 0 N–H and O–H groups in total. The van der Waals surface area contributed by atoms with Crippen molar-refractivity contribution in [1.29, 1.82) is 0 Å². The van der Waals surface area contributed by atoms with Crippen molar-refractivity contribution in [1.82, 2.24) is 14.4 Å². The first-order valence-corrected chi connectivity index (χ1v) is 6.58. The third-order valence-electron chi connectivity index (χ3n) is 2.85. The maximum absolute atomic E-state index is 6.24. The first kappa shape index (κ1) is 11.7. The van der Waals surface area contributed by atoms with Gasteiger partial charge in [0.05, 0.1) is 16.9 Å². The summed E-state index contributed by atoms with van der Waals surface area (Å²) < 4.78 is 2.98. The number of halogens is 2. The average Bonchev–Trinajstić information content (AvgIpc) is 2.71. The third-order valence-corrected chi connectivity index (χ3v) is 3.68. The Kier molecular flexibility index (Phi) is 2.84. The molecule has 0 radical (unpaired) electrons. The van der Waals surface area contributed by atoms with Crippen LogP contribution in [0.15, 0.2) is 41.3 Å². The fourth-order valence-electron chi connectivity index (χ4n) is 1.96. The number of imidazole rings is 1. The highest BCUT2D eigenvalue weighted by molar-refractivity contribution is 9.10. The maximum atomic E-state index is 6.24. The lowest BCUT2D eigenvalue weighted by molar-refractivity contribution is 1.08. The highest BCUT2D eigenvalue weighted by Gasteiger charge is 2.13. The largest absolute Gasteiger partial charge is 0.301 e. The second-order valence-electron chi connectivity index (χ2n) is 3.97. The van der Waals surface area contributed by atoms with Crippen LogP contribution in [-0.2, 0) is 0 Å². The molecular weight excluding hydrogens is 314 g/mol. The summed E-state index contributed by atoms with van der Waals surface area (Å²) in [5.41, 5.74) is 3.68. The smallest absolute Gasteiger partial charge is 0.156 e. The Morgan fingerprint density at radius 2 is 2.17 bits per heavy atom. The van der Waals surface area contributed by atoms with Gasteiger partial charge in [0.1, 0.15) is 0 Å². The normalized spacial score (nSPS) is 11.1. The molecule has 0 saturated carbocycles. The van der Waals surface area contributed by atoms with Gasteiger partial charge in [-0.2, -0.15) is 0 Å². The summed E-state index contributed by atoms with van der Waals surface area (Å²) in [5.74, 6) is 0. The standard InChI is InChI=1S/C13H9BrClN3/c1-8-13(10-6-9(14)2-3-11(10)15)17-12-7-16-4-5-18(8)12/h2-7H,1H3. The molecule has 0 fully saturated rings. The van der Waals surface area contributed by atoms with Gasteiger partial charge in [-0.3, -0.25) is 4.98 Å². The number of fused-ring (bicyclic) bond motifs is 1. The molecule has 3 nitrogen and oxygen atoms in total. The zero-order valence-electron chi connectivity index (χ0n) is 9.56. The number of hydrogen-bond acceptors (Lipinski definition) is 2. The van der Waals surface area contributed by atoms with Crippen molar-refractivity contribution >= 4 is 33.2 Å². The van der Waals surface area contributed by atoms with E-state index in [1.165, 1.54) is 0 Å². The second kappa shape index (κ2) is 4.37. The van der Waals surface area contributed by atoms with Crippen molar-refractivity contribution in [2.24, 2.45) is 0 Å². The van der Waals surface area contributed by atoms with Crippen molar-refractivity contribution < 1.29 is 0 Å². The van der Waals surface area contributed by atoms with Crippen molar-refractivity contribution in [3.8, 4) is 11.3 Å². The van der Waals surface area contributed by atoms with Crippen LogP contribution in [0.2, 0.25) is 5.02 Å². The van der Waals surface area contributed by atoms with Gasteiger partial charge in [-0.05, 0) is 25.1 Å². The lowest BCUT2D eigenvalue weighted by atomic mass is 10.1. The van der Waals surface area contributed by atoms with Crippen LogP contribution >= 0.6 is 27.5 Å². The van der Waals surface area contributed by atoms with Gasteiger partial charge in [-0.15, -0.1) is 0 Å². The third kappa shape index (κ3) is 1.82. The van der Waals surface area contributed by atoms with E-state index in [2.05, 4.69) is 25.9 Å². The second-order valence-corrected chi connectivity index (χ2v) is 5.30. The monoisotopic (exact) mass is 321 g/mol. The van der Waals surface area contributed by atoms with Crippen LogP contribution in [0.1, 0.15) is 5.69 Å². The summed E-state index contributed by atoms with van der Waals surface area (Å²) in [6, 6.07) is 5.76. The summed E-state index contributed by atoms with van der Waals surface area (Å²) in [6.45, 7) is 2.02. The van der Waals surface area contributed by atoms with Crippen LogP contribution in [0.4, 0.5) is 0 Å². The maximum Gasteiger partial charge on any atom is 0.156 e. The van der Waals surface area contributed by atoms with Gasteiger partial charge in [-0.25, -0.2) is 4.98 Å². The fourth-order valence-corrected chi connectivity index (χ4v) is 2.53. The summed E-state index contributed by atoms with van der Waals surface area (Å²) in [7, 11) is 0. The van der Waals surface area contributed by atoms with Crippen LogP contribution in [0, 0.1) is 6.92 Å². The van der Waals surface area contributed by atoms with Gasteiger partial charge in [0.25, 0.3) is 0 Å². The van der Waals surface area contributed by atoms with E-state index in [1.807, 2.05) is 35.7 Å². The highest BCUT2D eigenvalue weighted by atomic mass is 79.9. The SMILES string of the molecule is Cc1c(-c2cc(Br)ccc2Cl)nc2cnccn12. The molecule has 0 amide bonds. The summed E-state index contributed by atoms with van der Waals surface area (Å²) in [6.07, 6.45) is 5.38. The Morgan fingerprint density at radius 3 is 2.94 bits per heavy atom. The van der Waals surface area contributed by atoms with E-state index in [0.717, 1.165) is 27.1 Å². The van der Waals surface area contributed by atoms with Crippen molar-refractivity contribution in [2.45, 2.75) is 6.92 Å². The van der Waals surface area contributed by atoms with E-state index < -0.39 is 0 Å². The molecule has 5 heteroatoms. The quantitative estimate of drug-likeness (QED) is 0.674. The zero-order valence-corrected chi connectivity index (χ0v) is 11.9. The Bertz CT molecular complexity index is 736. The summed E-state index contributed by atoms with van der Waals surface area (Å²) in [5, 5.41) is 0.692. The minimum Gasteiger partial charge on any atom is -0.301 e. The highest BCUT2D eigenvalue weighted by Crippen LogP contribution is 2.32. The molecule has 18 heavy (non-hydrogen) atoms. The van der Waals surface area contributed by atoms with E-state index in [9.17, 15) is 0 Å². The van der Waals surface area contributed by atoms with Crippen molar-refractivity contribution in [2.75, 3.05) is 0 Å². The minimum absolute atomic E-state index is 0.692. The first-order chi connectivity index (χ1) is 8.66. The van der Waals surface area contributed by atoms with Crippen molar-refractivity contribution in [3.63, 3.8) is 0 Å². The average molecular weight is 323 g/mol. The molecule has 2 heterocycles. The van der Waals surface area contributed by atoms with Crippen LogP contribution < -0.4 is 0 Å². The molecule has 0 spiro atoms. The minimum atomic E-state index is 0.692. The van der Waals surface area contributed by atoms with Crippen LogP contribution in [-0.4, -0.2) is 14.4 Å². The molecular formula is C13H9BrClN3. The molecule has 0 saturated heterocycles. The van der Waals surface area contributed by atoms with E-state index in [1.54, 1.807) is 12.4 Å². The molecule has 0 aliphatic rings. The molecule has 3 rings (SSSR count). The molecule has 3 aromatic rings. The van der Waals surface area contributed by atoms with Gasteiger partial charge < -0.3 is 4.40 Å². The Morgan fingerprint density at radius 1 is 1.33 bits per heavy atom. The van der Waals surface area contributed by atoms with E-state index in [-0.39, 0.29) is 0 Å². The molecule has 0 aliphatic heterocycles. The summed E-state index contributed by atoms with van der Waals surface area (Å²) >= 11 is 9.70. The van der Waals surface area contributed by atoms with E-state index in [0.29, 0.717) is 5.02 Å². The predicted octanol–water partition coefficient (Wildman–Crippen LogP) is 4.12. The number of nitrogens with zero attached hydrogens (tertiary/aromatic N) is 3. The topological polar surface area (TPSA) is 30.2 Å². The van der Waals surface area contributed by atoms with Crippen LogP contribution in [0.3, 0.4) is 0 Å². The first-order valence-electron chi connectivity index (χ1n) is 5.41. The fraction of sp³-hybridized carbons (Fsp3) is 0.0769. The molecule has 0 bridgehead atoms. The Labute approximate surface area is 118 Å². The number of rotatable bonds is 1. The van der Waals surface area contributed by atoms with Gasteiger partial charge in [0.15, 0.2) is 5.65 Å². The molecule has 0 aliphatic carbocycles. The Hall–Kier alpha value is -1.39. The number of aromatic nitrogens is 3. The van der Waals surface area contributed by atoms with Gasteiger partial charge in [-0.1, -0.05) is 27.5 Å². The number of hydrogen-bond donors (Lipinski definition) is 0.